The SMILES string of the molecule is Cc1cc(-c2[nH]c3ccc(C4CCN(C(=O)CN5CCC(F)(F)CC5)CC4)cc3c2C(C)C)cn2nnnc12. The number of hydrogen-bond donors (Lipinski definition) is 1. The molecule has 2 aliphatic heterocycles. The van der Waals surface area contributed by atoms with Gasteiger partial charge < -0.3 is 9.88 Å². The molecule has 3 aromatic heterocycles. The Hall–Kier alpha value is -3.40. The van der Waals surface area contributed by atoms with E-state index in [-0.39, 0.29) is 38.4 Å². The first-order chi connectivity index (χ1) is 18.7. The molecule has 5 heterocycles. The fraction of sp³-hybridized carbons (Fsp3) is 0.517. The first-order valence-electron chi connectivity index (χ1n) is 13.9. The second-order valence-corrected chi connectivity index (χ2v) is 11.5. The highest BCUT2D eigenvalue weighted by atomic mass is 19.3. The van der Waals surface area contributed by atoms with Crippen LogP contribution in [0.4, 0.5) is 8.78 Å². The van der Waals surface area contributed by atoms with Gasteiger partial charge in [-0.2, -0.15) is 4.52 Å². The van der Waals surface area contributed by atoms with Crippen molar-refractivity contribution in [3.63, 3.8) is 0 Å². The number of carbonyl (C=O) groups excluding carboxylic acids is 1. The van der Waals surface area contributed by atoms with E-state index in [1.807, 2.05) is 22.9 Å². The molecule has 39 heavy (non-hydrogen) atoms. The van der Waals surface area contributed by atoms with Crippen molar-refractivity contribution in [2.24, 2.45) is 0 Å². The van der Waals surface area contributed by atoms with Gasteiger partial charge in [0.2, 0.25) is 5.91 Å². The Kier molecular flexibility index (Phi) is 6.61. The Morgan fingerprint density at radius 3 is 2.59 bits per heavy atom. The molecular formula is C29H35F2N7O. The Labute approximate surface area is 226 Å². The predicted molar refractivity (Wildman–Crippen MR) is 146 cm³/mol. The fourth-order valence-electron chi connectivity index (χ4n) is 6.25. The third-order valence-electron chi connectivity index (χ3n) is 8.47. The summed E-state index contributed by atoms with van der Waals surface area (Å²) in [5.41, 5.74) is 7.60. The van der Waals surface area contributed by atoms with Gasteiger partial charge in [-0.1, -0.05) is 19.9 Å². The van der Waals surface area contributed by atoms with Gasteiger partial charge in [0.15, 0.2) is 5.65 Å². The standard InChI is InChI=1S/C29H35F2N7O/c1-18(2)26-23-15-21(4-5-24(23)32-27(26)22-14-19(3)28-33-34-35-38(28)16-22)20-6-10-37(11-7-20)25(39)17-36-12-8-29(30,31)9-13-36/h4-5,14-16,18,20,32H,6-13,17H2,1-3H3. The van der Waals surface area contributed by atoms with Crippen LogP contribution in [0.15, 0.2) is 30.5 Å². The van der Waals surface area contributed by atoms with Crippen LogP contribution in [0.1, 0.15) is 68.1 Å². The molecule has 206 valence electrons. The number of rotatable bonds is 5. The number of fused-ring (bicyclic) bond motifs is 2. The number of nitrogens with one attached hydrogen (secondary N) is 1. The minimum absolute atomic E-state index is 0.0568. The monoisotopic (exact) mass is 535 g/mol. The number of likely N-dealkylation sites (tertiary alicyclic amines) is 2. The van der Waals surface area contributed by atoms with Gasteiger partial charge in [0, 0.05) is 61.7 Å². The number of benzene rings is 1. The normalized spacial score (nSPS) is 19.0. The van der Waals surface area contributed by atoms with Gasteiger partial charge in [0.25, 0.3) is 5.92 Å². The molecule has 6 rings (SSSR count). The third-order valence-corrected chi connectivity index (χ3v) is 8.47. The Morgan fingerprint density at radius 1 is 1.13 bits per heavy atom. The van der Waals surface area contributed by atoms with Crippen molar-refractivity contribution >= 4 is 22.5 Å². The van der Waals surface area contributed by atoms with E-state index < -0.39 is 5.92 Å². The molecule has 1 aromatic carbocycles. The van der Waals surface area contributed by atoms with Crippen molar-refractivity contribution in [3.8, 4) is 11.3 Å². The molecule has 2 aliphatic rings. The summed E-state index contributed by atoms with van der Waals surface area (Å²) in [4.78, 5) is 20.3. The first-order valence-corrected chi connectivity index (χ1v) is 13.9. The maximum absolute atomic E-state index is 13.5. The maximum Gasteiger partial charge on any atom is 0.250 e. The number of H-pyrrole nitrogens is 1. The summed E-state index contributed by atoms with van der Waals surface area (Å²) in [6.07, 6.45) is 3.46. The van der Waals surface area contributed by atoms with Crippen molar-refractivity contribution in [2.45, 2.75) is 64.2 Å². The first kappa shape index (κ1) is 25.9. The van der Waals surface area contributed by atoms with Gasteiger partial charge in [-0.3, -0.25) is 9.69 Å². The van der Waals surface area contributed by atoms with Crippen LogP contribution >= 0.6 is 0 Å². The van der Waals surface area contributed by atoms with E-state index in [9.17, 15) is 13.6 Å². The fourth-order valence-corrected chi connectivity index (χ4v) is 6.25. The quantitative estimate of drug-likeness (QED) is 0.383. The van der Waals surface area contributed by atoms with E-state index in [2.05, 4.69) is 58.6 Å². The largest absolute Gasteiger partial charge is 0.354 e. The molecule has 4 aromatic rings. The smallest absolute Gasteiger partial charge is 0.250 e. The summed E-state index contributed by atoms with van der Waals surface area (Å²) in [6.45, 7) is 8.67. The number of hydrogen-bond acceptors (Lipinski definition) is 5. The lowest BCUT2D eigenvalue weighted by atomic mass is 9.87. The van der Waals surface area contributed by atoms with Crippen LogP contribution in [0.5, 0.6) is 0 Å². The van der Waals surface area contributed by atoms with Gasteiger partial charge in [0.05, 0.1) is 12.2 Å². The molecule has 10 heteroatoms. The molecule has 2 saturated heterocycles. The summed E-state index contributed by atoms with van der Waals surface area (Å²) in [5, 5.41) is 13.3. The Morgan fingerprint density at radius 2 is 1.87 bits per heavy atom. The van der Waals surface area contributed by atoms with E-state index in [1.165, 1.54) is 16.5 Å². The lowest BCUT2D eigenvalue weighted by Crippen LogP contribution is -2.47. The molecular weight excluding hydrogens is 500 g/mol. The van der Waals surface area contributed by atoms with Gasteiger partial charge >= 0.3 is 0 Å². The highest BCUT2D eigenvalue weighted by Crippen LogP contribution is 2.38. The molecule has 0 aliphatic carbocycles. The van der Waals surface area contributed by atoms with E-state index in [4.69, 9.17) is 0 Å². The van der Waals surface area contributed by atoms with Gasteiger partial charge in [-0.05, 0) is 76.9 Å². The number of alkyl halides is 2. The summed E-state index contributed by atoms with van der Waals surface area (Å²) >= 11 is 0. The molecule has 0 atom stereocenters. The number of pyridine rings is 1. The van der Waals surface area contributed by atoms with Crippen molar-refractivity contribution in [2.75, 3.05) is 32.7 Å². The second-order valence-electron chi connectivity index (χ2n) is 11.5. The van der Waals surface area contributed by atoms with Crippen LogP contribution in [0, 0.1) is 6.92 Å². The van der Waals surface area contributed by atoms with Crippen LogP contribution in [0.3, 0.4) is 0 Å². The van der Waals surface area contributed by atoms with Crippen molar-refractivity contribution in [1.82, 2.24) is 34.8 Å². The number of aromatic amines is 1. The summed E-state index contributed by atoms with van der Waals surface area (Å²) in [5.74, 6) is -1.84. The molecule has 2 fully saturated rings. The van der Waals surface area contributed by atoms with E-state index in [0.717, 1.165) is 40.8 Å². The average molecular weight is 536 g/mol. The lowest BCUT2D eigenvalue weighted by molar-refractivity contribution is -0.135. The number of nitrogens with zero attached hydrogens (tertiary/aromatic N) is 6. The zero-order chi connectivity index (χ0) is 27.3. The highest BCUT2D eigenvalue weighted by molar-refractivity contribution is 5.92. The minimum atomic E-state index is -2.59. The van der Waals surface area contributed by atoms with Crippen molar-refractivity contribution in [3.05, 3.63) is 47.2 Å². The molecule has 8 nitrogen and oxygen atoms in total. The average Bonchev–Trinajstić information content (AvgIpc) is 3.55. The van der Waals surface area contributed by atoms with Crippen LogP contribution < -0.4 is 0 Å². The number of carbonyl (C=O) groups is 1. The number of halogens is 2. The molecule has 0 unspecified atom stereocenters. The topological polar surface area (TPSA) is 82.4 Å². The number of aryl methyl sites for hydroxylation is 1. The molecule has 0 saturated carbocycles. The highest BCUT2D eigenvalue weighted by Gasteiger charge is 2.35. The molecule has 0 radical (unpaired) electrons. The Bertz CT molecular complexity index is 1510. The third kappa shape index (κ3) is 5.02. The van der Waals surface area contributed by atoms with Gasteiger partial charge in [-0.15, -0.1) is 5.10 Å². The van der Waals surface area contributed by atoms with Gasteiger partial charge in [0.1, 0.15) is 0 Å². The van der Waals surface area contributed by atoms with Crippen LogP contribution in [0.2, 0.25) is 0 Å². The maximum atomic E-state index is 13.5. The van der Waals surface area contributed by atoms with Crippen molar-refractivity contribution < 1.29 is 13.6 Å². The predicted octanol–water partition coefficient (Wildman–Crippen LogP) is 5.14. The number of piperidine rings is 2. The van der Waals surface area contributed by atoms with Crippen molar-refractivity contribution in [1.29, 1.82) is 0 Å². The van der Waals surface area contributed by atoms with E-state index in [0.29, 0.717) is 24.9 Å². The molecule has 0 bridgehead atoms. The molecule has 1 N–H and O–H groups in total. The van der Waals surface area contributed by atoms with E-state index in [1.54, 1.807) is 4.52 Å². The molecule has 0 spiro atoms. The second kappa shape index (κ2) is 9.97. The zero-order valence-electron chi connectivity index (χ0n) is 22.8. The lowest BCUT2D eigenvalue weighted by Gasteiger charge is -2.36. The molecule has 1 amide bonds. The zero-order valence-corrected chi connectivity index (χ0v) is 22.8. The number of amides is 1. The van der Waals surface area contributed by atoms with Crippen LogP contribution in [0.25, 0.3) is 27.8 Å². The number of tetrazole rings is 1. The number of aromatic nitrogens is 5. The summed E-state index contributed by atoms with van der Waals surface area (Å²) in [7, 11) is 0. The van der Waals surface area contributed by atoms with Crippen LogP contribution in [-0.4, -0.2) is 79.4 Å². The van der Waals surface area contributed by atoms with Crippen LogP contribution in [-0.2, 0) is 4.79 Å². The Balaban J connectivity index is 1.19. The minimum Gasteiger partial charge on any atom is -0.354 e. The van der Waals surface area contributed by atoms with Gasteiger partial charge in [-0.25, -0.2) is 8.78 Å². The van der Waals surface area contributed by atoms with E-state index >= 15 is 0 Å². The summed E-state index contributed by atoms with van der Waals surface area (Å²) in [6, 6.07) is 8.83. The summed E-state index contributed by atoms with van der Waals surface area (Å²) < 4.78 is 28.6.